The van der Waals surface area contributed by atoms with Crippen LogP contribution in [0.2, 0.25) is 0 Å². The van der Waals surface area contributed by atoms with Crippen LogP contribution in [0.4, 0.5) is 11.6 Å². The third kappa shape index (κ3) is 4.34. The molecule has 3 N–H and O–H groups in total. The van der Waals surface area contributed by atoms with Crippen molar-refractivity contribution in [3.05, 3.63) is 47.3 Å². The topological polar surface area (TPSA) is 116 Å². The lowest BCUT2D eigenvalue weighted by molar-refractivity contribution is -0.124. The van der Waals surface area contributed by atoms with Crippen molar-refractivity contribution in [2.24, 2.45) is 0 Å². The molecular weight excluding hydrogens is 372 g/mol. The minimum absolute atomic E-state index is 0.311. The highest BCUT2D eigenvalue weighted by Crippen LogP contribution is 2.24. The minimum atomic E-state index is -0.899. The molecule has 1 aromatic heterocycles. The minimum Gasteiger partial charge on any atom is -0.370 e. The van der Waals surface area contributed by atoms with Crippen LogP contribution in [0, 0.1) is 6.92 Å². The lowest BCUT2D eigenvalue weighted by Gasteiger charge is -2.21. The SMILES string of the molecule is CCNc1cc(NCCNC(=O)C(C)N2C(=O)c3ccccc3C2=O)nc(C)n1. The molecule has 0 saturated carbocycles. The molecule has 0 saturated heterocycles. The summed E-state index contributed by atoms with van der Waals surface area (Å²) in [5.74, 6) is 0.724. The number of aromatic nitrogens is 2. The van der Waals surface area contributed by atoms with E-state index in [1.54, 1.807) is 44.2 Å². The second-order valence-corrected chi connectivity index (χ2v) is 6.64. The molecule has 0 aliphatic carbocycles. The highest BCUT2D eigenvalue weighted by Gasteiger charge is 2.40. The molecule has 29 heavy (non-hydrogen) atoms. The van der Waals surface area contributed by atoms with E-state index in [-0.39, 0.29) is 0 Å². The van der Waals surface area contributed by atoms with Crippen LogP contribution < -0.4 is 16.0 Å². The normalized spacial score (nSPS) is 13.8. The standard InChI is InChI=1S/C20H24N6O3/c1-4-21-16-11-17(25-13(3)24-16)22-9-10-23-18(27)12(2)26-19(28)14-7-5-6-8-15(14)20(26)29/h5-8,11-12H,4,9-10H2,1-3H3,(H,23,27)(H2,21,22,24,25). The molecule has 1 atom stereocenters. The highest BCUT2D eigenvalue weighted by molar-refractivity contribution is 6.22. The van der Waals surface area contributed by atoms with Gasteiger partial charge in [-0.05, 0) is 32.9 Å². The average molecular weight is 396 g/mol. The van der Waals surface area contributed by atoms with E-state index in [1.807, 2.05) is 6.92 Å². The monoisotopic (exact) mass is 396 g/mol. The molecule has 0 fully saturated rings. The van der Waals surface area contributed by atoms with Gasteiger partial charge in [-0.2, -0.15) is 0 Å². The molecule has 152 valence electrons. The molecule has 3 amide bonds. The van der Waals surface area contributed by atoms with E-state index in [0.29, 0.717) is 35.9 Å². The van der Waals surface area contributed by atoms with E-state index >= 15 is 0 Å². The summed E-state index contributed by atoms with van der Waals surface area (Å²) in [4.78, 5) is 47.0. The summed E-state index contributed by atoms with van der Waals surface area (Å²) in [5, 5.41) is 9.00. The quantitative estimate of drug-likeness (QED) is 0.456. The predicted octanol–water partition coefficient (Wildman–Crippen LogP) is 1.43. The first-order valence-corrected chi connectivity index (χ1v) is 9.50. The zero-order chi connectivity index (χ0) is 21.0. The maximum atomic E-state index is 12.5. The molecule has 9 nitrogen and oxygen atoms in total. The van der Waals surface area contributed by atoms with Gasteiger partial charge in [0.05, 0.1) is 11.1 Å². The van der Waals surface area contributed by atoms with Gasteiger partial charge in [-0.25, -0.2) is 9.97 Å². The lowest BCUT2D eigenvalue weighted by atomic mass is 10.1. The van der Waals surface area contributed by atoms with Crippen LogP contribution in [0.5, 0.6) is 0 Å². The smallest absolute Gasteiger partial charge is 0.262 e. The Balaban J connectivity index is 1.53. The second kappa shape index (κ2) is 8.68. The third-order valence-electron chi connectivity index (χ3n) is 4.52. The molecule has 3 rings (SSSR count). The number of aryl methyl sites for hydroxylation is 1. The van der Waals surface area contributed by atoms with Crippen molar-refractivity contribution in [3.8, 4) is 0 Å². The lowest BCUT2D eigenvalue weighted by Crippen LogP contribution is -2.48. The predicted molar refractivity (Wildman–Crippen MR) is 109 cm³/mol. The molecule has 0 radical (unpaired) electrons. The molecule has 1 unspecified atom stereocenters. The van der Waals surface area contributed by atoms with Crippen molar-refractivity contribution in [1.29, 1.82) is 0 Å². The Kier molecular flexibility index (Phi) is 6.06. The Morgan fingerprint density at radius 3 is 2.21 bits per heavy atom. The van der Waals surface area contributed by atoms with Crippen LogP contribution in [-0.4, -0.2) is 58.3 Å². The van der Waals surface area contributed by atoms with E-state index in [1.165, 1.54) is 0 Å². The maximum absolute atomic E-state index is 12.5. The van der Waals surface area contributed by atoms with Crippen LogP contribution >= 0.6 is 0 Å². The summed E-state index contributed by atoms with van der Waals surface area (Å²) in [6, 6.07) is 7.47. The first-order valence-electron chi connectivity index (χ1n) is 9.50. The first kappa shape index (κ1) is 20.2. The number of fused-ring (bicyclic) bond motifs is 1. The highest BCUT2D eigenvalue weighted by atomic mass is 16.2. The molecule has 0 bridgehead atoms. The molecule has 2 heterocycles. The number of carbonyl (C=O) groups is 3. The Bertz CT molecular complexity index is 911. The van der Waals surface area contributed by atoms with E-state index < -0.39 is 23.8 Å². The summed E-state index contributed by atoms with van der Waals surface area (Å²) >= 11 is 0. The number of imide groups is 1. The van der Waals surface area contributed by atoms with Crippen molar-refractivity contribution in [2.75, 3.05) is 30.3 Å². The summed E-state index contributed by atoms with van der Waals surface area (Å²) in [6.07, 6.45) is 0. The number of hydrogen-bond donors (Lipinski definition) is 3. The molecule has 1 aliphatic rings. The van der Waals surface area contributed by atoms with Gasteiger partial charge in [0.1, 0.15) is 23.5 Å². The van der Waals surface area contributed by atoms with Crippen LogP contribution in [0.25, 0.3) is 0 Å². The first-order chi connectivity index (χ1) is 13.9. The van der Waals surface area contributed by atoms with Crippen molar-refractivity contribution in [2.45, 2.75) is 26.8 Å². The zero-order valence-electron chi connectivity index (χ0n) is 16.7. The van der Waals surface area contributed by atoms with E-state index in [0.717, 1.165) is 17.3 Å². The molecule has 0 spiro atoms. The maximum Gasteiger partial charge on any atom is 0.262 e. The fraction of sp³-hybridized carbons (Fsp3) is 0.350. The Morgan fingerprint density at radius 1 is 1.03 bits per heavy atom. The van der Waals surface area contributed by atoms with Crippen LogP contribution in [0.15, 0.2) is 30.3 Å². The summed E-state index contributed by atoms with van der Waals surface area (Å²) in [6.45, 7) is 6.82. The molecular formula is C20H24N6O3. The van der Waals surface area contributed by atoms with Crippen molar-refractivity contribution >= 4 is 29.4 Å². The number of anilines is 2. The summed E-state index contributed by atoms with van der Waals surface area (Å²) < 4.78 is 0. The van der Waals surface area contributed by atoms with Gasteiger partial charge in [0.2, 0.25) is 5.91 Å². The fourth-order valence-corrected chi connectivity index (χ4v) is 3.13. The molecule has 1 aliphatic heterocycles. The number of carbonyl (C=O) groups excluding carboxylic acids is 3. The largest absolute Gasteiger partial charge is 0.370 e. The van der Waals surface area contributed by atoms with Gasteiger partial charge in [0.25, 0.3) is 11.8 Å². The fourth-order valence-electron chi connectivity index (χ4n) is 3.13. The molecule has 1 aromatic carbocycles. The van der Waals surface area contributed by atoms with Crippen LogP contribution in [0.3, 0.4) is 0 Å². The summed E-state index contributed by atoms with van der Waals surface area (Å²) in [7, 11) is 0. The molecule has 2 aromatic rings. The Morgan fingerprint density at radius 2 is 1.62 bits per heavy atom. The van der Waals surface area contributed by atoms with Gasteiger partial charge >= 0.3 is 0 Å². The van der Waals surface area contributed by atoms with Gasteiger partial charge in [0, 0.05) is 25.7 Å². The van der Waals surface area contributed by atoms with Crippen LogP contribution in [-0.2, 0) is 4.79 Å². The number of rotatable bonds is 8. The Labute approximate surface area is 168 Å². The summed E-state index contributed by atoms with van der Waals surface area (Å²) in [5.41, 5.74) is 0.656. The third-order valence-corrected chi connectivity index (χ3v) is 4.52. The van der Waals surface area contributed by atoms with Gasteiger partial charge in [-0.3, -0.25) is 19.3 Å². The van der Waals surface area contributed by atoms with Gasteiger partial charge in [-0.1, -0.05) is 12.1 Å². The van der Waals surface area contributed by atoms with Gasteiger partial charge in [-0.15, -0.1) is 0 Å². The van der Waals surface area contributed by atoms with Crippen molar-refractivity contribution < 1.29 is 14.4 Å². The van der Waals surface area contributed by atoms with Gasteiger partial charge in [0.15, 0.2) is 0 Å². The molecule has 9 heteroatoms. The Hall–Kier alpha value is -3.49. The number of nitrogens with one attached hydrogen (secondary N) is 3. The van der Waals surface area contributed by atoms with Crippen molar-refractivity contribution in [1.82, 2.24) is 20.2 Å². The number of hydrogen-bond acceptors (Lipinski definition) is 7. The van der Waals surface area contributed by atoms with E-state index in [2.05, 4.69) is 25.9 Å². The number of benzene rings is 1. The van der Waals surface area contributed by atoms with Gasteiger partial charge < -0.3 is 16.0 Å². The van der Waals surface area contributed by atoms with E-state index in [9.17, 15) is 14.4 Å². The average Bonchev–Trinajstić information content (AvgIpc) is 2.95. The van der Waals surface area contributed by atoms with Crippen LogP contribution in [0.1, 0.15) is 40.4 Å². The van der Waals surface area contributed by atoms with Crippen molar-refractivity contribution in [3.63, 3.8) is 0 Å². The van der Waals surface area contributed by atoms with E-state index in [4.69, 9.17) is 0 Å². The number of amides is 3. The second-order valence-electron chi connectivity index (χ2n) is 6.64. The zero-order valence-corrected chi connectivity index (χ0v) is 16.7. The number of nitrogens with zero attached hydrogens (tertiary/aromatic N) is 3.